The molecule has 0 fully saturated rings. The Labute approximate surface area is 152 Å². The van der Waals surface area contributed by atoms with Crippen LogP contribution in [0.4, 0.5) is 0 Å². The average Bonchev–Trinajstić information content (AvgIpc) is 3.24. The Kier molecular flexibility index (Phi) is 4.32. The van der Waals surface area contributed by atoms with Crippen LogP contribution < -0.4 is 5.32 Å². The van der Waals surface area contributed by atoms with Gasteiger partial charge >= 0.3 is 0 Å². The molecule has 1 aromatic carbocycles. The van der Waals surface area contributed by atoms with E-state index in [1.54, 1.807) is 4.68 Å². The molecule has 2 aromatic heterocycles. The SMILES string of the molecule is Cc1cn2c(n1)CC(C(=O)NCc1ccc(-c3cnn(C)c3)cc1)CC2. The van der Waals surface area contributed by atoms with Crippen LogP contribution in [0.1, 0.15) is 23.5 Å². The Hall–Kier alpha value is -2.89. The van der Waals surface area contributed by atoms with Gasteiger partial charge in [-0.2, -0.15) is 5.10 Å². The molecule has 3 aromatic rings. The molecule has 3 heterocycles. The number of fused-ring (bicyclic) bond motifs is 1. The van der Waals surface area contributed by atoms with E-state index in [2.05, 4.69) is 50.4 Å². The van der Waals surface area contributed by atoms with Gasteiger partial charge in [0, 0.05) is 50.4 Å². The zero-order valence-corrected chi connectivity index (χ0v) is 15.1. The Morgan fingerprint density at radius 1 is 1.23 bits per heavy atom. The van der Waals surface area contributed by atoms with Crippen molar-refractivity contribution in [2.75, 3.05) is 0 Å². The number of carbonyl (C=O) groups is 1. The predicted molar refractivity (Wildman–Crippen MR) is 99.3 cm³/mol. The molecule has 0 spiro atoms. The second-order valence-corrected chi connectivity index (χ2v) is 7.00. The molecule has 0 radical (unpaired) electrons. The van der Waals surface area contributed by atoms with Crippen molar-refractivity contribution in [3.8, 4) is 11.1 Å². The summed E-state index contributed by atoms with van der Waals surface area (Å²) in [6.07, 6.45) is 7.50. The van der Waals surface area contributed by atoms with E-state index >= 15 is 0 Å². The molecule has 4 rings (SSSR count). The fraction of sp³-hybridized carbons (Fsp3) is 0.350. The van der Waals surface area contributed by atoms with Crippen LogP contribution in [0.15, 0.2) is 42.9 Å². The quantitative estimate of drug-likeness (QED) is 0.787. The van der Waals surface area contributed by atoms with E-state index in [9.17, 15) is 4.79 Å². The fourth-order valence-electron chi connectivity index (χ4n) is 3.51. The number of imidazole rings is 1. The first-order chi connectivity index (χ1) is 12.6. The minimum atomic E-state index is 0.0129. The molecule has 1 aliphatic heterocycles. The number of rotatable bonds is 4. The van der Waals surface area contributed by atoms with E-state index in [4.69, 9.17) is 0 Å². The normalized spacial score (nSPS) is 16.3. The summed E-state index contributed by atoms with van der Waals surface area (Å²) in [5.74, 6) is 1.15. The lowest BCUT2D eigenvalue weighted by Crippen LogP contribution is -2.35. The van der Waals surface area contributed by atoms with Gasteiger partial charge < -0.3 is 9.88 Å². The third-order valence-electron chi connectivity index (χ3n) is 4.96. The van der Waals surface area contributed by atoms with Gasteiger partial charge in [-0.3, -0.25) is 9.48 Å². The van der Waals surface area contributed by atoms with Crippen LogP contribution in [0.25, 0.3) is 11.1 Å². The molecule has 1 amide bonds. The Morgan fingerprint density at radius 2 is 2.04 bits per heavy atom. The molecule has 1 unspecified atom stereocenters. The largest absolute Gasteiger partial charge is 0.352 e. The summed E-state index contributed by atoms with van der Waals surface area (Å²) in [4.78, 5) is 17.0. The van der Waals surface area contributed by atoms with E-state index < -0.39 is 0 Å². The van der Waals surface area contributed by atoms with E-state index in [0.717, 1.165) is 47.6 Å². The monoisotopic (exact) mass is 349 g/mol. The summed E-state index contributed by atoms with van der Waals surface area (Å²) >= 11 is 0. The van der Waals surface area contributed by atoms with E-state index in [1.165, 1.54) is 0 Å². The summed E-state index contributed by atoms with van der Waals surface area (Å²) in [7, 11) is 1.91. The maximum Gasteiger partial charge on any atom is 0.223 e. The van der Waals surface area contributed by atoms with Gasteiger partial charge in [0.25, 0.3) is 0 Å². The van der Waals surface area contributed by atoms with Gasteiger partial charge in [-0.15, -0.1) is 0 Å². The number of aromatic nitrogens is 4. The van der Waals surface area contributed by atoms with Gasteiger partial charge in [0.05, 0.1) is 11.9 Å². The zero-order valence-electron chi connectivity index (χ0n) is 15.1. The number of hydrogen-bond acceptors (Lipinski definition) is 3. The fourth-order valence-corrected chi connectivity index (χ4v) is 3.51. The van der Waals surface area contributed by atoms with Crippen LogP contribution in [0.3, 0.4) is 0 Å². The van der Waals surface area contributed by atoms with Gasteiger partial charge in [-0.25, -0.2) is 4.98 Å². The number of hydrogen-bond donors (Lipinski definition) is 1. The molecule has 26 heavy (non-hydrogen) atoms. The molecular weight excluding hydrogens is 326 g/mol. The molecule has 1 atom stereocenters. The van der Waals surface area contributed by atoms with Crippen molar-refractivity contribution >= 4 is 5.91 Å². The van der Waals surface area contributed by atoms with Gasteiger partial charge in [-0.1, -0.05) is 24.3 Å². The van der Waals surface area contributed by atoms with Crippen molar-refractivity contribution in [1.29, 1.82) is 0 Å². The molecule has 0 bridgehead atoms. The Bertz CT molecular complexity index is 922. The maximum atomic E-state index is 12.5. The van der Waals surface area contributed by atoms with Gasteiger partial charge in [0.1, 0.15) is 5.82 Å². The lowest BCUT2D eigenvalue weighted by atomic mass is 9.97. The molecule has 1 aliphatic rings. The number of nitrogens with zero attached hydrogens (tertiary/aromatic N) is 4. The standard InChI is InChI=1S/C20H23N5O/c1-14-12-25-8-7-17(9-19(25)23-14)20(26)21-10-15-3-5-16(6-4-15)18-11-22-24(2)13-18/h3-6,11-13,17H,7-10H2,1-2H3,(H,21,26). The van der Waals surface area contributed by atoms with Crippen LogP contribution in [0, 0.1) is 12.8 Å². The zero-order chi connectivity index (χ0) is 18.1. The second-order valence-electron chi connectivity index (χ2n) is 7.00. The van der Waals surface area contributed by atoms with Gasteiger partial charge in [-0.05, 0) is 24.5 Å². The highest BCUT2D eigenvalue weighted by Gasteiger charge is 2.25. The minimum absolute atomic E-state index is 0.0129. The van der Waals surface area contributed by atoms with Gasteiger partial charge in [0.15, 0.2) is 0 Å². The number of nitrogens with one attached hydrogen (secondary N) is 1. The van der Waals surface area contributed by atoms with Crippen molar-refractivity contribution in [3.63, 3.8) is 0 Å². The lowest BCUT2D eigenvalue weighted by Gasteiger charge is -2.22. The number of amides is 1. The third-order valence-corrected chi connectivity index (χ3v) is 4.96. The smallest absolute Gasteiger partial charge is 0.223 e. The topological polar surface area (TPSA) is 64.7 Å². The van der Waals surface area contributed by atoms with E-state index in [0.29, 0.717) is 6.54 Å². The highest BCUT2D eigenvalue weighted by Crippen LogP contribution is 2.21. The van der Waals surface area contributed by atoms with Crippen molar-refractivity contribution < 1.29 is 4.79 Å². The molecule has 0 aliphatic carbocycles. The highest BCUT2D eigenvalue weighted by atomic mass is 16.1. The minimum Gasteiger partial charge on any atom is -0.352 e. The van der Waals surface area contributed by atoms with Crippen molar-refractivity contribution in [2.45, 2.75) is 32.9 Å². The Balaban J connectivity index is 1.34. The third kappa shape index (κ3) is 3.40. The summed E-state index contributed by atoms with van der Waals surface area (Å²) in [6.45, 7) is 3.42. The number of benzene rings is 1. The lowest BCUT2D eigenvalue weighted by molar-refractivity contribution is -0.125. The Morgan fingerprint density at radius 3 is 2.77 bits per heavy atom. The van der Waals surface area contributed by atoms with Crippen LogP contribution in [0.5, 0.6) is 0 Å². The first kappa shape index (κ1) is 16.6. The molecule has 6 heteroatoms. The highest BCUT2D eigenvalue weighted by molar-refractivity contribution is 5.79. The van der Waals surface area contributed by atoms with Crippen molar-refractivity contribution in [2.24, 2.45) is 13.0 Å². The summed E-state index contributed by atoms with van der Waals surface area (Å²) < 4.78 is 3.96. The molecule has 6 nitrogen and oxygen atoms in total. The van der Waals surface area contributed by atoms with Crippen LogP contribution in [0.2, 0.25) is 0 Å². The second kappa shape index (κ2) is 6.78. The van der Waals surface area contributed by atoms with Crippen LogP contribution in [-0.4, -0.2) is 25.2 Å². The average molecular weight is 349 g/mol. The molecule has 134 valence electrons. The van der Waals surface area contributed by atoms with E-state index in [1.807, 2.05) is 26.4 Å². The number of aryl methyl sites for hydroxylation is 3. The molecular formula is C20H23N5O. The molecule has 1 N–H and O–H groups in total. The summed E-state index contributed by atoms with van der Waals surface area (Å²) in [5.41, 5.74) is 4.34. The number of carbonyl (C=O) groups excluding carboxylic acids is 1. The summed E-state index contributed by atoms with van der Waals surface area (Å²) in [5, 5.41) is 7.27. The van der Waals surface area contributed by atoms with Crippen LogP contribution in [-0.2, 0) is 31.4 Å². The first-order valence-electron chi connectivity index (χ1n) is 8.97. The molecule has 0 saturated carbocycles. The van der Waals surface area contributed by atoms with Crippen LogP contribution >= 0.6 is 0 Å². The van der Waals surface area contributed by atoms with Crippen molar-refractivity contribution in [1.82, 2.24) is 24.6 Å². The van der Waals surface area contributed by atoms with E-state index in [-0.39, 0.29) is 11.8 Å². The van der Waals surface area contributed by atoms with Gasteiger partial charge in [0.2, 0.25) is 5.91 Å². The molecule has 0 saturated heterocycles. The predicted octanol–water partition coefficient (Wildman–Crippen LogP) is 2.47. The maximum absolute atomic E-state index is 12.5. The van der Waals surface area contributed by atoms with Crippen molar-refractivity contribution in [3.05, 3.63) is 59.9 Å². The summed E-state index contributed by atoms with van der Waals surface area (Å²) in [6, 6.07) is 8.25. The first-order valence-corrected chi connectivity index (χ1v) is 8.97.